The van der Waals surface area contributed by atoms with Crippen LogP contribution in [0.3, 0.4) is 0 Å². The van der Waals surface area contributed by atoms with Crippen molar-refractivity contribution in [2.45, 2.75) is 0 Å². The van der Waals surface area contributed by atoms with Gasteiger partial charge in [0.25, 0.3) is 0 Å². The van der Waals surface area contributed by atoms with Gasteiger partial charge in [0.2, 0.25) is 5.56 Å². The summed E-state index contributed by atoms with van der Waals surface area (Å²) >= 11 is 0. The molecule has 4 nitrogen and oxygen atoms in total. The van der Waals surface area contributed by atoms with E-state index in [4.69, 9.17) is 5.73 Å². The van der Waals surface area contributed by atoms with Gasteiger partial charge in [-0.25, -0.2) is 9.37 Å². The van der Waals surface area contributed by atoms with E-state index in [1.54, 1.807) is 24.3 Å². The van der Waals surface area contributed by atoms with E-state index in [-0.39, 0.29) is 23.7 Å². The largest absolute Gasteiger partial charge is 0.396 e. The normalized spacial score (nSPS) is 10.2. The number of pyridine rings is 2. The molecule has 3 aromatic rings. The average molecular weight is 292 g/mol. The molecule has 0 unspecified atom stereocenters. The maximum Gasteiger partial charge on any atom is 0.249 e. The van der Waals surface area contributed by atoms with Crippen LogP contribution in [0.2, 0.25) is 0 Å². The van der Waals surface area contributed by atoms with Crippen LogP contribution in [0.25, 0.3) is 22.2 Å². The maximum absolute atomic E-state index is 14.1. The number of aromatic amines is 1. The van der Waals surface area contributed by atoms with Gasteiger partial charge in [-0.1, -0.05) is 12.1 Å². The Bertz CT molecular complexity index is 832. The van der Waals surface area contributed by atoms with Crippen LogP contribution >= 0.6 is 12.4 Å². The molecule has 0 fully saturated rings. The minimum Gasteiger partial charge on any atom is -0.396 e. The summed E-state index contributed by atoms with van der Waals surface area (Å²) in [4.78, 5) is 17.9. The van der Waals surface area contributed by atoms with Gasteiger partial charge in [0.15, 0.2) is 5.82 Å². The van der Waals surface area contributed by atoms with E-state index in [2.05, 4.69) is 9.97 Å². The number of aromatic nitrogens is 2. The standard InChI is InChI=1S/C14H10FN3O.ClH/c15-13-9(2-1-3-11(13)16)8-6-7-17-14-10(8)4-5-12(19)18-14;/h1-7H,16H2,(H,17,18,19);1H. The lowest BCUT2D eigenvalue weighted by Gasteiger charge is -2.08. The summed E-state index contributed by atoms with van der Waals surface area (Å²) in [5.74, 6) is -0.471. The number of nitrogen functional groups attached to an aromatic ring is 1. The van der Waals surface area contributed by atoms with E-state index in [0.717, 1.165) is 0 Å². The summed E-state index contributed by atoms with van der Waals surface area (Å²) in [6.07, 6.45) is 1.52. The Morgan fingerprint density at radius 2 is 1.90 bits per heavy atom. The molecule has 1 aromatic carbocycles. The topological polar surface area (TPSA) is 71.8 Å². The first-order chi connectivity index (χ1) is 9.16. The highest BCUT2D eigenvalue weighted by Gasteiger charge is 2.11. The Hall–Kier alpha value is -2.40. The van der Waals surface area contributed by atoms with Crippen molar-refractivity contribution in [1.29, 1.82) is 0 Å². The van der Waals surface area contributed by atoms with E-state index in [1.807, 2.05) is 0 Å². The van der Waals surface area contributed by atoms with Crippen molar-refractivity contribution in [3.8, 4) is 11.1 Å². The Morgan fingerprint density at radius 1 is 1.10 bits per heavy atom. The monoisotopic (exact) mass is 291 g/mol. The number of nitrogens with zero attached hydrogens (tertiary/aromatic N) is 1. The fraction of sp³-hybridized carbons (Fsp3) is 0. The molecule has 0 aliphatic rings. The molecule has 102 valence electrons. The number of benzene rings is 1. The van der Waals surface area contributed by atoms with Crippen LogP contribution in [0, 0.1) is 5.82 Å². The number of fused-ring (bicyclic) bond motifs is 1. The third-order valence-corrected chi connectivity index (χ3v) is 2.95. The molecule has 6 heteroatoms. The van der Waals surface area contributed by atoms with Crippen molar-refractivity contribution in [3.05, 3.63) is 58.8 Å². The van der Waals surface area contributed by atoms with E-state index in [0.29, 0.717) is 22.2 Å². The minimum absolute atomic E-state index is 0. The molecule has 0 bridgehead atoms. The Morgan fingerprint density at radius 3 is 2.70 bits per heavy atom. The van der Waals surface area contributed by atoms with Gasteiger partial charge in [-0.2, -0.15) is 0 Å². The summed E-state index contributed by atoms with van der Waals surface area (Å²) < 4.78 is 14.1. The fourth-order valence-electron chi connectivity index (χ4n) is 2.05. The number of rotatable bonds is 1. The summed E-state index contributed by atoms with van der Waals surface area (Å²) in [5.41, 5.74) is 6.88. The number of hydrogen-bond acceptors (Lipinski definition) is 3. The Balaban J connectivity index is 0.00000147. The van der Waals surface area contributed by atoms with Crippen LogP contribution in [0.1, 0.15) is 0 Å². The van der Waals surface area contributed by atoms with Gasteiger partial charge >= 0.3 is 0 Å². The predicted molar refractivity (Wildman–Crippen MR) is 79.4 cm³/mol. The van der Waals surface area contributed by atoms with Crippen molar-refractivity contribution in [1.82, 2.24) is 9.97 Å². The minimum atomic E-state index is -0.471. The lowest BCUT2D eigenvalue weighted by molar-refractivity contribution is 0.636. The summed E-state index contributed by atoms with van der Waals surface area (Å²) in [7, 11) is 0. The number of H-pyrrole nitrogens is 1. The first kappa shape index (κ1) is 14.0. The quantitative estimate of drug-likeness (QED) is 0.677. The van der Waals surface area contributed by atoms with Gasteiger partial charge in [0.1, 0.15) is 5.65 Å². The number of hydrogen-bond donors (Lipinski definition) is 2. The molecule has 2 aromatic heterocycles. The van der Waals surface area contributed by atoms with Crippen molar-refractivity contribution >= 4 is 29.1 Å². The molecular weight excluding hydrogens is 281 g/mol. The van der Waals surface area contributed by atoms with Crippen LogP contribution in [0.5, 0.6) is 0 Å². The Labute approximate surface area is 119 Å². The lowest BCUT2D eigenvalue weighted by Crippen LogP contribution is -2.04. The zero-order valence-electron chi connectivity index (χ0n) is 10.3. The summed E-state index contributed by atoms with van der Waals surface area (Å²) in [6.45, 7) is 0. The third-order valence-electron chi connectivity index (χ3n) is 2.95. The van der Waals surface area contributed by atoms with Gasteiger partial charge < -0.3 is 10.7 Å². The average Bonchev–Trinajstić information content (AvgIpc) is 2.41. The van der Waals surface area contributed by atoms with Crippen molar-refractivity contribution in [2.24, 2.45) is 0 Å². The zero-order valence-corrected chi connectivity index (χ0v) is 11.1. The summed E-state index contributed by atoms with van der Waals surface area (Å²) in [6, 6.07) is 9.54. The van der Waals surface area contributed by atoms with Crippen LogP contribution in [0.4, 0.5) is 10.1 Å². The molecule has 0 aliphatic heterocycles. The SMILES string of the molecule is Cl.Nc1cccc(-c2ccnc3[nH]c(=O)ccc23)c1F. The molecule has 3 N–H and O–H groups in total. The number of anilines is 1. The molecule has 0 amide bonds. The van der Waals surface area contributed by atoms with Crippen LogP contribution < -0.4 is 11.3 Å². The van der Waals surface area contributed by atoms with E-state index >= 15 is 0 Å². The van der Waals surface area contributed by atoms with Crippen molar-refractivity contribution in [3.63, 3.8) is 0 Å². The second kappa shape index (κ2) is 5.30. The second-order valence-corrected chi connectivity index (χ2v) is 4.15. The van der Waals surface area contributed by atoms with Gasteiger partial charge in [-0.3, -0.25) is 4.79 Å². The molecule has 0 spiro atoms. The molecule has 0 saturated carbocycles. The predicted octanol–water partition coefficient (Wildman–Crippen LogP) is 2.73. The van der Waals surface area contributed by atoms with Gasteiger partial charge in [-0.15, -0.1) is 12.4 Å². The fourth-order valence-corrected chi connectivity index (χ4v) is 2.05. The van der Waals surface area contributed by atoms with E-state index in [9.17, 15) is 9.18 Å². The molecule has 2 heterocycles. The van der Waals surface area contributed by atoms with E-state index in [1.165, 1.54) is 18.3 Å². The number of nitrogens with two attached hydrogens (primary N) is 1. The molecule has 0 saturated heterocycles. The molecular formula is C14H11ClFN3O. The second-order valence-electron chi connectivity index (χ2n) is 4.15. The van der Waals surface area contributed by atoms with Gasteiger partial charge in [0.05, 0.1) is 5.69 Å². The first-order valence-corrected chi connectivity index (χ1v) is 5.69. The third kappa shape index (κ3) is 2.23. The molecule has 3 rings (SSSR count). The highest BCUT2D eigenvalue weighted by molar-refractivity contribution is 5.92. The van der Waals surface area contributed by atoms with Crippen LogP contribution in [0.15, 0.2) is 47.4 Å². The highest BCUT2D eigenvalue weighted by Crippen LogP contribution is 2.30. The van der Waals surface area contributed by atoms with Crippen LogP contribution in [-0.2, 0) is 0 Å². The molecule has 0 aliphatic carbocycles. The molecule has 0 atom stereocenters. The van der Waals surface area contributed by atoms with E-state index < -0.39 is 5.82 Å². The van der Waals surface area contributed by atoms with Gasteiger partial charge in [0, 0.05) is 23.2 Å². The number of nitrogens with one attached hydrogen (secondary N) is 1. The number of halogens is 2. The highest BCUT2D eigenvalue weighted by atomic mass is 35.5. The smallest absolute Gasteiger partial charge is 0.249 e. The molecule has 20 heavy (non-hydrogen) atoms. The van der Waals surface area contributed by atoms with Crippen molar-refractivity contribution in [2.75, 3.05) is 5.73 Å². The van der Waals surface area contributed by atoms with Gasteiger partial charge in [-0.05, 0) is 23.8 Å². The first-order valence-electron chi connectivity index (χ1n) is 5.69. The van der Waals surface area contributed by atoms with Crippen molar-refractivity contribution < 1.29 is 4.39 Å². The lowest BCUT2D eigenvalue weighted by atomic mass is 10.0. The van der Waals surface area contributed by atoms with Crippen LogP contribution in [-0.4, -0.2) is 9.97 Å². The Kier molecular flexibility index (Phi) is 3.72. The summed E-state index contributed by atoms with van der Waals surface area (Å²) in [5, 5.41) is 0.673. The molecule has 0 radical (unpaired) electrons. The maximum atomic E-state index is 14.1. The zero-order chi connectivity index (χ0) is 13.4.